The average Bonchev–Trinajstić information content (AvgIpc) is 2.87. The SMILES string of the molecule is CC(C)Oc1cc(NC2(CN)CCCC2)ccc1[N+](=O)[O-]. The molecule has 1 saturated carbocycles. The molecule has 0 saturated heterocycles. The van der Waals surface area contributed by atoms with Crippen LogP contribution < -0.4 is 15.8 Å². The van der Waals surface area contributed by atoms with Gasteiger partial charge in [-0.3, -0.25) is 10.1 Å². The monoisotopic (exact) mass is 293 g/mol. The van der Waals surface area contributed by atoms with E-state index in [4.69, 9.17) is 10.5 Å². The third kappa shape index (κ3) is 3.64. The summed E-state index contributed by atoms with van der Waals surface area (Å²) < 4.78 is 5.57. The molecule has 0 heterocycles. The number of nitrogens with two attached hydrogens (primary N) is 1. The fourth-order valence-corrected chi connectivity index (χ4v) is 2.83. The molecule has 0 amide bonds. The Hall–Kier alpha value is -1.82. The molecule has 0 spiro atoms. The number of nitro benzene ring substituents is 1. The normalized spacial score (nSPS) is 17.0. The number of benzene rings is 1. The van der Waals surface area contributed by atoms with E-state index in [0.717, 1.165) is 31.4 Å². The minimum atomic E-state index is -0.421. The highest BCUT2D eigenvalue weighted by Crippen LogP contribution is 2.36. The summed E-state index contributed by atoms with van der Waals surface area (Å²) in [5, 5.41) is 14.5. The Balaban J connectivity index is 2.26. The molecule has 1 aliphatic carbocycles. The molecule has 0 atom stereocenters. The van der Waals surface area contributed by atoms with Gasteiger partial charge in [0, 0.05) is 29.9 Å². The Bertz CT molecular complexity index is 511. The first-order chi connectivity index (χ1) is 9.96. The summed E-state index contributed by atoms with van der Waals surface area (Å²) in [5.41, 5.74) is 6.63. The molecule has 21 heavy (non-hydrogen) atoms. The van der Waals surface area contributed by atoms with Crippen molar-refractivity contribution in [3.8, 4) is 5.75 Å². The van der Waals surface area contributed by atoms with Crippen LogP contribution in [0.3, 0.4) is 0 Å². The predicted molar refractivity (Wildman–Crippen MR) is 82.7 cm³/mol. The van der Waals surface area contributed by atoms with Crippen molar-refractivity contribution in [2.45, 2.75) is 51.2 Å². The van der Waals surface area contributed by atoms with Gasteiger partial charge in [0.15, 0.2) is 5.75 Å². The molecule has 1 aliphatic rings. The minimum absolute atomic E-state index is 0.0116. The van der Waals surface area contributed by atoms with Gasteiger partial charge in [-0.15, -0.1) is 0 Å². The number of nitro groups is 1. The molecule has 0 radical (unpaired) electrons. The molecule has 3 N–H and O–H groups in total. The molecule has 0 aliphatic heterocycles. The topological polar surface area (TPSA) is 90.4 Å². The van der Waals surface area contributed by atoms with Crippen molar-refractivity contribution in [2.75, 3.05) is 11.9 Å². The van der Waals surface area contributed by atoms with Gasteiger partial charge in [-0.2, -0.15) is 0 Å². The van der Waals surface area contributed by atoms with Gasteiger partial charge in [0.05, 0.1) is 11.0 Å². The molecule has 1 fully saturated rings. The lowest BCUT2D eigenvalue weighted by atomic mass is 9.97. The predicted octanol–water partition coefficient (Wildman–Crippen LogP) is 3.07. The van der Waals surface area contributed by atoms with Gasteiger partial charge < -0.3 is 15.8 Å². The highest BCUT2D eigenvalue weighted by atomic mass is 16.6. The van der Waals surface area contributed by atoms with Crippen LogP contribution in [-0.4, -0.2) is 23.1 Å². The molecular formula is C15H23N3O3. The fraction of sp³-hybridized carbons (Fsp3) is 0.600. The van der Waals surface area contributed by atoms with E-state index >= 15 is 0 Å². The van der Waals surface area contributed by atoms with Crippen LogP contribution in [0, 0.1) is 10.1 Å². The van der Waals surface area contributed by atoms with Crippen molar-refractivity contribution >= 4 is 11.4 Å². The summed E-state index contributed by atoms with van der Waals surface area (Å²) in [6.07, 6.45) is 4.26. The van der Waals surface area contributed by atoms with Crippen molar-refractivity contribution in [1.82, 2.24) is 0 Å². The van der Waals surface area contributed by atoms with Crippen molar-refractivity contribution in [2.24, 2.45) is 5.73 Å². The van der Waals surface area contributed by atoms with Crippen LogP contribution in [0.2, 0.25) is 0 Å². The first-order valence-corrected chi connectivity index (χ1v) is 7.39. The number of hydrogen-bond acceptors (Lipinski definition) is 5. The number of nitrogens with one attached hydrogen (secondary N) is 1. The first kappa shape index (κ1) is 15.6. The first-order valence-electron chi connectivity index (χ1n) is 7.39. The van der Waals surface area contributed by atoms with Crippen molar-refractivity contribution in [1.29, 1.82) is 0 Å². The Morgan fingerprint density at radius 1 is 1.43 bits per heavy atom. The van der Waals surface area contributed by atoms with Crippen LogP contribution in [0.4, 0.5) is 11.4 Å². The number of rotatable bonds is 6. The lowest BCUT2D eigenvalue weighted by molar-refractivity contribution is -0.386. The van der Waals surface area contributed by atoms with E-state index in [0.29, 0.717) is 12.3 Å². The van der Waals surface area contributed by atoms with E-state index in [1.54, 1.807) is 12.1 Å². The standard InChI is InChI=1S/C15H23N3O3/c1-11(2)21-14-9-12(5-6-13(14)18(19)20)17-15(10-16)7-3-4-8-15/h5-6,9,11,17H,3-4,7-8,10,16H2,1-2H3. The van der Waals surface area contributed by atoms with Crippen molar-refractivity contribution in [3.63, 3.8) is 0 Å². The molecule has 1 aromatic carbocycles. The van der Waals surface area contributed by atoms with E-state index < -0.39 is 4.92 Å². The summed E-state index contributed by atoms with van der Waals surface area (Å²) in [6, 6.07) is 4.91. The van der Waals surface area contributed by atoms with Crippen LogP contribution in [0.5, 0.6) is 5.75 Å². The maximum absolute atomic E-state index is 11.1. The number of hydrogen-bond donors (Lipinski definition) is 2. The van der Waals surface area contributed by atoms with Gasteiger partial charge in [0.1, 0.15) is 0 Å². The summed E-state index contributed by atoms with van der Waals surface area (Å²) in [6.45, 7) is 4.26. The van der Waals surface area contributed by atoms with Gasteiger partial charge in [-0.1, -0.05) is 12.8 Å². The third-order valence-corrected chi connectivity index (χ3v) is 3.88. The summed E-state index contributed by atoms with van der Waals surface area (Å²) >= 11 is 0. The second-order valence-corrected chi connectivity index (χ2v) is 5.92. The lowest BCUT2D eigenvalue weighted by Crippen LogP contribution is -2.42. The minimum Gasteiger partial charge on any atom is -0.484 e. The fourth-order valence-electron chi connectivity index (χ4n) is 2.83. The molecular weight excluding hydrogens is 270 g/mol. The quantitative estimate of drug-likeness (QED) is 0.621. The van der Waals surface area contributed by atoms with Crippen molar-refractivity contribution < 1.29 is 9.66 Å². The highest BCUT2D eigenvalue weighted by molar-refractivity contribution is 5.59. The van der Waals surface area contributed by atoms with E-state index in [9.17, 15) is 10.1 Å². The zero-order chi connectivity index (χ0) is 15.5. The molecule has 6 nitrogen and oxygen atoms in total. The molecule has 0 unspecified atom stereocenters. The van der Waals surface area contributed by atoms with Crippen molar-refractivity contribution in [3.05, 3.63) is 28.3 Å². The van der Waals surface area contributed by atoms with E-state index in [2.05, 4.69) is 5.32 Å². The molecule has 0 aromatic heterocycles. The van der Waals surface area contributed by atoms with Gasteiger partial charge in [0.2, 0.25) is 0 Å². The van der Waals surface area contributed by atoms with Crippen LogP contribution in [0.15, 0.2) is 18.2 Å². The molecule has 6 heteroatoms. The van der Waals surface area contributed by atoms with E-state index in [1.165, 1.54) is 6.07 Å². The summed E-state index contributed by atoms with van der Waals surface area (Å²) in [7, 11) is 0. The van der Waals surface area contributed by atoms with Gasteiger partial charge >= 0.3 is 5.69 Å². The largest absolute Gasteiger partial charge is 0.484 e. The van der Waals surface area contributed by atoms with Gasteiger partial charge in [0.25, 0.3) is 0 Å². The van der Waals surface area contributed by atoms with Crippen LogP contribution in [0.1, 0.15) is 39.5 Å². The zero-order valence-electron chi connectivity index (χ0n) is 12.6. The second kappa shape index (κ2) is 6.30. The number of nitrogens with zero attached hydrogens (tertiary/aromatic N) is 1. The second-order valence-electron chi connectivity index (χ2n) is 5.92. The molecule has 0 bridgehead atoms. The van der Waals surface area contributed by atoms with E-state index in [-0.39, 0.29) is 17.3 Å². The highest BCUT2D eigenvalue weighted by Gasteiger charge is 2.32. The third-order valence-electron chi connectivity index (χ3n) is 3.88. The number of anilines is 1. The Morgan fingerprint density at radius 2 is 2.10 bits per heavy atom. The molecule has 1 aromatic rings. The Labute approximate surface area is 124 Å². The van der Waals surface area contributed by atoms with Crippen LogP contribution in [-0.2, 0) is 0 Å². The Kier molecular flexibility index (Phi) is 4.67. The zero-order valence-corrected chi connectivity index (χ0v) is 12.6. The van der Waals surface area contributed by atoms with E-state index in [1.807, 2.05) is 13.8 Å². The molecule has 116 valence electrons. The summed E-state index contributed by atoms with van der Waals surface area (Å²) in [4.78, 5) is 10.6. The summed E-state index contributed by atoms with van der Waals surface area (Å²) in [5.74, 6) is 0.296. The van der Waals surface area contributed by atoms with Crippen LogP contribution in [0.25, 0.3) is 0 Å². The smallest absolute Gasteiger partial charge is 0.311 e. The van der Waals surface area contributed by atoms with Gasteiger partial charge in [-0.05, 0) is 32.8 Å². The average molecular weight is 293 g/mol. The maximum Gasteiger partial charge on any atom is 0.311 e. The molecule has 2 rings (SSSR count). The van der Waals surface area contributed by atoms with Crippen LogP contribution >= 0.6 is 0 Å². The lowest BCUT2D eigenvalue weighted by Gasteiger charge is -2.30. The van der Waals surface area contributed by atoms with Gasteiger partial charge in [-0.25, -0.2) is 0 Å². The Morgan fingerprint density at radius 3 is 2.62 bits per heavy atom. The maximum atomic E-state index is 11.1. The number of ether oxygens (including phenoxy) is 1.